The van der Waals surface area contributed by atoms with Crippen molar-refractivity contribution in [2.24, 2.45) is 5.73 Å². The Labute approximate surface area is 149 Å². The zero-order valence-corrected chi connectivity index (χ0v) is 15.3. The van der Waals surface area contributed by atoms with Crippen LogP contribution in [0, 0.1) is 0 Å². The lowest BCUT2D eigenvalue weighted by atomic mass is 9.81. The summed E-state index contributed by atoms with van der Waals surface area (Å²) < 4.78 is 10.7. The van der Waals surface area contributed by atoms with E-state index < -0.39 is 5.54 Å². The van der Waals surface area contributed by atoms with Crippen LogP contribution >= 0.6 is 12.4 Å². The molecule has 24 heavy (non-hydrogen) atoms. The topological polar surface area (TPSA) is 64.8 Å². The zero-order valence-electron chi connectivity index (χ0n) is 14.5. The fraction of sp³-hybridized carbons (Fsp3) is 0.611. The molecule has 0 atom stereocenters. The molecule has 1 amide bonds. The van der Waals surface area contributed by atoms with Gasteiger partial charge in [-0.25, -0.2) is 0 Å². The summed E-state index contributed by atoms with van der Waals surface area (Å²) in [5.74, 6) is 1.56. The first-order chi connectivity index (χ1) is 11.1. The van der Waals surface area contributed by atoms with E-state index >= 15 is 0 Å². The van der Waals surface area contributed by atoms with Crippen molar-refractivity contribution in [2.45, 2.75) is 50.6 Å². The highest BCUT2D eigenvalue weighted by molar-refractivity contribution is 5.86. The summed E-state index contributed by atoms with van der Waals surface area (Å²) in [7, 11) is 3.27. The molecular formula is C18H27ClN2O3. The largest absolute Gasteiger partial charge is 0.493 e. The maximum Gasteiger partial charge on any atom is 0.242 e. The summed E-state index contributed by atoms with van der Waals surface area (Å²) >= 11 is 0. The number of hydrogen-bond acceptors (Lipinski definition) is 4. The van der Waals surface area contributed by atoms with Crippen LogP contribution in [-0.2, 0) is 17.8 Å². The van der Waals surface area contributed by atoms with E-state index in [1.54, 1.807) is 14.2 Å². The van der Waals surface area contributed by atoms with Crippen molar-refractivity contribution >= 4 is 18.3 Å². The smallest absolute Gasteiger partial charge is 0.242 e. The fourth-order valence-corrected chi connectivity index (χ4v) is 3.77. The van der Waals surface area contributed by atoms with Crippen molar-refractivity contribution < 1.29 is 14.3 Å². The quantitative estimate of drug-likeness (QED) is 0.906. The lowest BCUT2D eigenvalue weighted by Gasteiger charge is -2.39. The number of fused-ring (bicyclic) bond motifs is 1. The van der Waals surface area contributed by atoms with Crippen molar-refractivity contribution in [3.8, 4) is 11.5 Å². The summed E-state index contributed by atoms with van der Waals surface area (Å²) in [6.45, 7) is 1.33. The second-order valence-corrected chi connectivity index (χ2v) is 6.67. The van der Waals surface area contributed by atoms with Gasteiger partial charge in [0.05, 0.1) is 19.8 Å². The third-order valence-corrected chi connectivity index (χ3v) is 5.18. The number of hydrogen-bond donors (Lipinski definition) is 1. The fourth-order valence-electron chi connectivity index (χ4n) is 3.77. The van der Waals surface area contributed by atoms with E-state index in [-0.39, 0.29) is 18.3 Å². The van der Waals surface area contributed by atoms with Crippen molar-refractivity contribution in [2.75, 3.05) is 20.8 Å². The molecule has 1 aliphatic carbocycles. The number of carbonyl (C=O) groups excluding carboxylic acids is 1. The van der Waals surface area contributed by atoms with E-state index in [0.717, 1.165) is 50.0 Å². The summed E-state index contributed by atoms with van der Waals surface area (Å²) in [5, 5.41) is 0. The number of nitrogens with two attached hydrogens (primary N) is 1. The van der Waals surface area contributed by atoms with Crippen LogP contribution < -0.4 is 15.2 Å². The van der Waals surface area contributed by atoms with Crippen molar-refractivity contribution in [1.82, 2.24) is 4.90 Å². The van der Waals surface area contributed by atoms with E-state index in [4.69, 9.17) is 15.2 Å². The second-order valence-electron chi connectivity index (χ2n) is 6.67. The van der Waals surface area contributed by atoms with Gasteiger partial charge >= 0.3 is 0 Å². The minimum Gasteiger partial charge on any atom is -0.493 e. The molecule has 0 aromatic heterocycles. The Hall–Kier alpha value is -1.46. The summed E-state index contributed by atoms with van der Waals surface area (Å²) in [4.78, 5) is 14.8. The normalized spacial score (nSPS) is 19.0. The first-order valence-electron chi connectivity index (χ1n) is 8.39. The van der Waals surface area contributed by atoms with Gasteiger partial charge in [-0.2, -0.15) is 0 Å². The number of ether oxygens (including phenoxy) is 2. The maximum absolute atomic E-state index is 12.9. The van der Waals surface area contributed by atoms with Gasteiger partial charge in [-0.15, -0.1) is 12.4 Å². The Kier molecular flexibility index (Phi) is 5.99. The number of nitrogens with zero attached hydrogens (tertiary/aromatic N) is 1. The molecule has 134 valence electrons. The highest BCUT2D eigenvalue weighted by Gasteiger charge is 2.39. The van der Waals surface area contributed by atoms with Crippen LogP contribution in [0.15, 0.2) is 12.1 Å². The maximum atomic E-state index is 12.9. The molecule has 1 aromatic carbocycles. The molecule has 6 heteroatoms. The number of halogens is 1. The number of methoxy groups -OCH3 is 2. The van der Waals surface area contributed by atoms with E-state index in [1.165, 1.54) is 12.0 Å². The Morgan fingerprint density at radius 3 is 2.25 bits per heavy atom. The minimum atomic E-state index is -0.660. The van der Waals surface area contributed by atoms with E-state index in [0.29, 0.717) is 12.3 Å². The lowest BCUT2D eigenvalue weighted by molar-refractivity contribution is -0.139. The Morgan fingerprint density at radius 1 is 1.08 bits per heavy atom. The van der Waals surface area contributed by atoms with Gasteiger partial charge in [0.15, 0.2) is 11.5 Å². The molecule has 0 bridgehead atoms. The van der Waals surface area contributed by atoms with Crippen molar-refractivity contribution in [3.63, 3.8) is 0 Å². The monoisotopic (exact) mass is 354 g/mol. The standard InChI is InChI=1S/C18H26N2O3.ClH/c1-22-15-10-13-6-9-20(12-14(13)11-16(15)23-2)17(21)18(19)7-4-3-5-8-18;/h10-11H,3-9,12,19H2,1-2H3;1H. The van der Waals surface area contributed by atoms with Crippen LogP contribution in [0.1, 0.15) is 43.2 Å². The molecule has 1 saturated carbocycles. The van der Waals surface area contributed by atoms with Crippen LogP contribution in [-0.4, -0.2) is 37.1 Å². The predicted molar refractivity (Wildman–Crippen MR) is 95.9 cm³/mol. The van der Waals surface area contributed by atoms with Gasteiger partial charge in [-0.3, -0.25) is 4.79 Å². The van der Waals surface area contributed by atoms with Gasteiger partial charge in [0.2, 0.25) is 5.91 Å². The van der Waals surface area contributed by atoms with Crippen molar-refractivity contribution in [3.05, 3.63) is 23.3 Å². The van der Waals surface area contributed by atoms with Crippen LogP contribution in [0.5, 0.6) is 11.5 Å². The van der Waals surface area contributed by atoms with E-state index in [1.807, 2.05) is 17.0 Å². The molecule has 3 rings (SSSR count). The van der Waals surface area contributed by atoms with Crippen LogP contribution in [0.3, 0.4) is 0 Å². The molecule has 1 heterocycles. The van der Waals surface area contributed by atoms with Gasteiger partial charge in [0, 0.05) is 13.1 Å². The van der Waals surface area contributed by atoms with Gasteiger partial charge in [0.1, 0.15) is 0 Å². The average Bonchev–Trinajstić information content (AvgIpc) is 2.59. The van der Waals surface area contributed by atoms with E-state index in [2.05, 4.69) is 0 Å². The predicted octanol–water partition coefficient (Wildman–Crippen LogP) is 2.67. The van der Waals surface area contributed by atoms with Crippen LogP contribution in [0.25, 0.3) is 0 Å². The van der Waals surface area contributed by atoms with Gasteiger partial charge in [0.25, 0.3) is 0 Å². The molecule has 1 aromatic rings. The van der Waals surface area contributed by atoms with E-state index in [9.17, 15) is 4.79 Å². The highest BCUT2D eigenvalue weighted by Crippen LogP contribution is 2.35. The van der Waals surface area contributed by atoms with Crippen LogP contribution in [0.4, 0.5) is 0 Å². The number of benzene rings is 1. The second kappa shape index (κ2) is 7.62. The molecule has 5 nitrogen and oxygen atoms in total. The summed E-state index contributed by atoms with van der Waals surface area (Å²) in [6.07, 6.45) is 5.74. The van der Waals surface area contributed by atoms with Gasteiger partial charge in [-0.05, 0) is 42.5 Å². The average molecular weight is 355 g/mol. The first kappa shape index (κ1) is 18.9. The third kappa shape index (κ3) is 3.47. The SMILES string of the molecule is COc1cc2c(cc1OC)CN(C(=O)C1(N)CCCCC1)CC2.Cl. The number of amides is 1. The molecule has 2 N–H and O–H groups in total. The molecule has 0 radical (unpaired) electrons. The number of carbonyl (C=O) groups is 1. The molecule has 2 aliphatic rings. The Balaban J connectivity index is 0.00000208. The first-order valence-corrected chi connectivity index (χ1v) is 8.39. The molecular weight excluding hydrogens is 328 g/mol. The Morgan fingerprint density at radius 2 is 1.67 bits per heavy atom. The van der Waals surface area contributed by atoms with Gasteiger partial charge in [-0.1, -0.05) is 19.3 Å². The molecule has 1 fully saturated rings. The number of rotatable bonds is 3. The minimum absolute atomic E-state index is 0. The molecule has 0 spiro atoms. The lowest BCUT2D eigenvalue weighted by Crippen LogP contribution is -2.57. The van der Waals surface area contributed by atoms with Crippen molar-refractivity contribution in [1.29, 1.82) is 0 Å². The summed E-state index contributed by atoms with van der Waals surface area (Å²) in [6, 6.07) is 4.01. The third-order valence-electron chi connectivity index (χ3n) is 5.18. The van der Waals surface area contributed by atoms with Crippen LogP contribution in [0.2, 0.25) is 0 Å². The summed E-state index contributed by atoms with van der Waals surface area (Å²) in [5.41, 5.74) is 8.11. The molecule has 0 unspecified atom stereocenters. The zero-order chi connectivity index (χ0) is 16.4. The Bertz CT molecular complexity index is 600. The molecule has 1 aliphatic heterocycles. The molecule has 0 saturated heterocycles. The highest BCUT2D eigenvalue weighted by atomic mass is 35.5. The van der Waals surface area contributed by atoms with Gasteiger partial charge < -0.3 is 20.1 Å².